The molecule has 6 heteroatoms. The highest BCUT2D eigenvalue weighted by Gasteiger charge is 2.11. The fraction of sp³-hybridized carbons (Fsp3) is 0.167. The maximum atomic E-state index is 10.9. The Morgan fingerprint density at radius 1 is 1.75 bits per heavy atom. The van der Waals surface area contributed by atoms with Crippen LogP contribution in [0, 0.1) is 0 Å². The first-order chi connectivity index (χ1) is 5.65. The Kier molecular flexibility index (Phi) is 2.09. The first-order valence-corrected chi connectivity index (χ1v) is 3.08. The van der Waals surface area contributed by atoms with E-state index < -0.39 is 11.5 Å². The minimum Gasteiger partial charge on any atom is -0.464 e. The largest absolute Gasteiger partial charge is 0.464 e. The van der Waals surface area contributed by atoms with Crippen LogP contribution in [0.1, 0.15) is 10.5 Å². The zero-order chi connectivity index (χ0) is 9.14. The normalized spacial score (nSPS) is 9.42. The summed E-state index contributed by atoms with van der Waals surface area (Å²) >= 11 is 0. The highest BCUT2D eigenvalue weighted by atomic mass is 16.5. The van der Waals surface area contributed by atoms with Gasteiger partial charge in [-0.15, -0.1) is 0 Å². The maximum Gasteiger partial charge on any atom is 0.360 e. The molecular weight excluding hydrogens is 162 g/mol. The molecule has 0 amide bonds. The minimum atomic E-state index is -0.677. The molecule has 0 fully saturated rings. The first-order valence-electron chi connectivity index (χ1n) is 3.08. The number of carbonyl (C=O) groups is 1. The van der Waals surface area contributed by atoms with E-state index in [1.807, 2.05) is 0 Å². The number of nitrogen functional groups attached to an aromatic ring is 1. The van der Waals surface area contributed by atoms with Crippen LogP contribution in [0.4, 0.5) is 5.82 Å². The Hall–Kier alpha value is -1.85. The van der Waals surface area contributed by atoms with Crippen LogP contribution in [0.3, 0.4) is 0 Å². The summed E-state index contributed by atoms with van der Waals surface area (Å²) in [5.74, 6) is -0.766. The van der Waals surface area contributed by atoms with Crippen molar-refractivity contribution >= 4 is 11.8 Å². The lowest BCUT2D eigenvalue weighted by Gasteiger charge is -1.99. The van der Waals surface area contributed by atoms with Crippen LogP contribution in [0.5, 0.6) is 0 Å². The lowest BCUT2D eigenvalue weighted by molar-refractivity contribution is 0.0595. The molecule has 0 aliphatic heterocycles. The molecule has 0 saturated carbocycles. The summed E-state index contributed by atoms with van der Waals surface area (Å²) in [6.07, 6.45) is 0.961. The zero-order valence-corrected chi connectivity index (χ0v) is 6.33. The van der Waals surface area contributed by atoms with Gasteiger partial charge in [0.2, 0.25) is 0 Å². The van der Waals surface area contributed by atoms with E-state index in [9.17, 15) is 9.59 Å². The van der Waals surface area contributed by atoms with E-state index in [4.69, 9.17) is 5.73 Å². The molecule has 64 valence electrons. The summed E-state index contributed by atoms with van der Waals surface area (Å²) in [5.41, 5.74) is 4.73. The first kappa shape index (κ1) is 8.25. The number of nitrogens with zero attached hydrogens (tertiary/aromatic N) is 1. The number of ether oxygens (including phenoxy) is 1. The number of hydrogen-bond acceptors (Lipinski definition) is 5. The van der Waals surface area contributed by atoms with Crippen molar-refractivity contribution in [2.45, 2.75) is 0 Å². The third-order valence-electron chi connectivity index (χ3n) is 1.20. The molecule has 0 aliphatic carbocycles. The Morgan fingerprint density at radius 3 is 2.92 bits per heavy atom. The monoisotopic (exact) mass is 169 g/mol. The number of H-pyrrole nitrogens is 1. The van der Waals surface area contributed by atoms with Gasteiger partial charge in [-0.2, -0.15) is 0 Å². The fourth-order valence-corrected chi connectivity index (χ4v) is 0.676. The number of rotatable bonds is 1. The molecule has 1 aromatic heterocycles. The van der Waals surface area contributed by atoms with Gasteiger partial charge >= 0.3 is 5.97 Å². The average Bonchev–Trinajstić information content (AvgIpc) is 2.03. The summed E-state index contributed by atoms with van der Waals surface area (Å²) in [6.45, 7) is 0. The molecule has 0 bridgehead atoms. The minimum absolute atomic E-state index is 0.0860. The lowest BCUT2D eigenvalue weighted by Crippen LogP contribution is -2.16. The summed E-state index contributed by atoms with van der Waals surface area (Å²) in [6, 6.07) is 0. The van der Waals surface area contributed by atoms with Gasteiger partial charge in [0.25, 0.3) is 5.56 Å². The van der Waals surface area contributed by atoms with Crippen LogP contribution in [0.15, 0.2) is 11.0 Å². The summed E-state index contributed by atoms with van der Waals surface area (Å²) in [5, 5.41) is 0. The number of nitrogens with two attached hydrogens (primary N) is 1. The van der Waals surface area contributed by atoms with E-state index in [0.29, 0.717) is 0 Å². The number of esters is 1. The van der Waals surface area contributed by atoms with E-state index in [1.54, 1.807) is 0 Å². The Balaban J connectivity index is 3.18. The Labute approximate surface area is 67.4 Å². The zero-order valence-electron chi connectivity index (χ0n) is 6.33. The number of nitrogens with one attached hydrogen (secondary N) is 1. The number of methoxy groups -OCH3 is 1. The van der Waals surface area contributed by atoms with Crippen molar-refractivity contribution in [3.8, 4) is 0 Å². The van der Waals surface area contributed by atoms with Crippen molar-refractivity contribution in [3.05, 3.63) is 22.2 Å². The molecule has 0 saturated heterocycles. The number of aromatic nitrogens is 2. The van der Waals surface area contributed by atoms with Gasteiger partial charge in [-0.25, -0.2) is 9.78 Å². The van der Waals surface area contributed by atoms with Crippen molar-refractivity contribution in [2.24, 2.45) is 0 Å². The van der Waals surface area contributed by atoms with E-state index in [0.717, 1.165) is 6.20 Å². The van der Waals surface area contributed by atoms with Gasteiger partial charge in [0.1, 0.15) is 5.82 Å². The predicted molar refractivity (Wildman–Crippen MR) is 40.6 cm³/mol. The summed E-state index contributed by atoms with van der Waals surface area (Å²) in [4.78, 5) is 27.2. The number of anilines is 1. The molecule has 3 N–H and O–H groups in total. The Bertz CT molecular complexity index is 357. The molecule has 0 radical (unpaired) electrons. The molecule has 6 nitrogen and oxygen atoms in total. The van der Waals surface area contributed by atoms with Crippen LogP contribution in [-0.2, 0) is 4.74 Å². The van der Waals surface area contributed by atoms with Crippen molar-refractivity contribution in [1.82, 2.24) is 9.97 Å². The topological polar surface area (TPSA) is 98.1 Å². The second-order valence-electron chi connectivity index (χ2n) is 2.00. The van der Waals surface area contributed by atoms with Crippen molar-refractivity contribution in [3.63, 3.8) is 0 Å². The van der Waals surface area contributed by atoms with E-state index in [2.05, 4.69) is 14.7 Å². The van der Waals surface area contributed by atoms with E-state index in [-0.39, 0.29) is 11.5 Å². The van der Waals surface area contributed by atoms with Gasteiger partial charge < -0.3 is 15.5 Å². The highest BCUT2D eigenvalue weighted by molar-refractivity contribution is 5.91. The van der Waals surface area contributed by atoms with Crippen LogP contribution >= 0.6 is 0 Å². The summed E-state index contributed by atoms with van der Waals surface area (Å²) in [7, 11) is 1.20. The van der Waals surface area contributed by atoms with Gasteiger partial charge in [0, 0.05) is 0 Å². The second-order valence-corrected chi connectivity index (χ2v) is 2.00. The highest BCUT2D eigenvalue weighted by Crippen LogP contribution is 2.01. The molecule has 12 heavy (non-hydrogen) atoms. The number of aromatic amines is 1. The standard InChI is InChI=1S/C6H7N3O3/c1-12-6(11)4-5(7)9-3(10)2-8-4/h2H,1H3,(H3,7,9,10). The smallest absolute Gasteiger partial charge is 0.360 e. The van der Waals surface area contributed by atoms with Crippen LogP contribution in [-0.4, -0.2) is 23.0 Å². The van der Waals surface area contributed by atoms with E-state index >= 15 is 0 Å². The molecular formula is C6H7N3O3. The van der Waals surface area contributed by atoms with Crippen LogP contribution in [0.25, 0.3) is 0 Å². The van der Waals surface area contributed by atoms with Crippen LogP contribution < -0.4 is 11.3 Å². The molecule has 1 heterocycles. The van der Waals surface area contributed by atoms with Crippen molar-refractivity contribution in [1.29, 1.82) is 0 Å². The molecule has 0 unspecified atom stereocenters. The number of carbonyl (C=O) groups excluding carboxylic acids is 1. The maximum absolute atomic E-state index is 10.9. The molecule has 1 rings (SSSR count). The predicted octanol–water partition coefficient (Wildman–Crippen LogP) is -0.861. The molecule has 0 aromatic carbocycles. The Morgan fingerprint density at radius 2 is 2.42 bits per heavy atom. The third-order valence-corrected chi connectivity index (χ3v) is 1.20. The fourth-order valence-electron chi connectivity index (χ4n) is 0.676. The van der Waals surface area contributed by atoms with Crippen molar-refractivity contribution < 1.29 is 9.53 Å². The molecule has 0 aliphatic rings. The van der Waals surface area contributed by atoms with Crippen molar-refractivity contribution in [2.75, 3.05) is 12.8 Å². The SMILES string of the molecule is COC(=O)c1ncc(=O)[nH]c1N. The van der Waals surface area contributed by atoms with Gasteiger partial charge in [-0.1, -0.05) is 0 Å². The van der Waals surface area contributed by atoms with Crippen LogP contribution in [0.2, 0.25) is 0 Å². The summed E-state index contributed by atoms with van der Waals surface area (Å²) < 4.78 is 4.35. The van der Waals surface area contributed by atoms with E-state index in [1.165, 1.54) is 7.11 Å². The second kappa shape index (κ2) is 3.04. The molecule has 1 aromatic rings. The van der Waals surface area contributed by atoms with Gasteiger partial charge in [0.05, 0.1) is 13.3 Å². The molecule has 0 spiro atoms. The average molecular weight is 169 g/mol. The number of hydrogen-bond donors (Lipinski definition) is 2. The lowest BCUT2D eigenvalue weighted by atomic mass is 10.4. The molecule has 0 atom stereocenters. The van der Waals surface area contributed by atoms with Gasteiger partial charge in [-0.3, -0.25) is 4.79 Å². The third kappa shape index (κ3) is 1.42. The van der Waals surface area contributed by atoms with Gasteiger partial charge in [-0.05, 0) is 0 Å². The van der Waals surface area contributed by atoms with Gasteiger partial charge in [0.15, 0.2) is 5.69 Å². The quantitative estimate of drug-likeness (QED) is 0.533.